The van der Waals surface area contributed by atoms with Crippen molar-refractivity contribution in [1.82, 2.24) is 14.5 Å². The van der Waals surface area contributed by atoms with Crippen LogP contribution >= 0.6 is 0 Å². The molecule has 1 aromatic heterocycles. The minimum absolute atomic E-state index is 0.0442. The summed E-state index contributed by atoms with van der Waals surface area (Å²) >= 11 is 0. The summed E-state index contributed by atoms with van der Waals surface area (Å²) in [6, 6.07) is 3.24. The van der Waals surface area contributed by atoms with Crippen LogP contribution in [0.4, 0.5) is 0 Å². The average Bonchev–Trinajstić information content (AvgIpc) is 2.89. The summed E-state index contributed by atoms with van der Waals surface area (Å²) in [6.07, 6.45) is 0. The van der Waals surface area contributed by atoms with Gasteiger partial charge in [0, 0.05) is 26.2 Å². The Hall–Kier alpha value is -0.890. The van der Waals surface area contributed by atoms with Gasteiger partial charge in [-0.05, 0) is 25.7 Å². The third-order valence-corrected chi connectivity index (χ3v) is 5.13. The van der Waals surface area contributed by atoms with Gasteiger partial charge in [0.25, 0.3) is 10.0 Å². The predicted molar refractivity (Wildman–Crippen MR) is 72.3 cm³/mol. The quantitative estimate of drug-likeness (QED) is 0.845. The maximum Gasteiger partial charge on any atom is 0.276 e. The molecule has 1 aliphatic heterocycles. The molecule has 1 aromatic rings. The highest BCUT2D eigenvalue weighted by atomic mass is 32.2. The fraction of sp³-hybridized carbons (Fsp3) is 0.667. The molecule has 1 aliphatic rings. The van der Waals surface area contributed by atoms with E-state index in [-0.39, 0.29) is 5.09 Å². The van der Waals surface area contributed by atoms with Gasteiger partial charge in [0.1, 0.15) is 5.76 Å². The van der Waals surface area contributed by atoms with E-state index >= 15 is 0 Å². The Morgan fingerprint density at radius 2 is 1.95 bits per heavy atom. The number of hydrogen-bond donors (Lipinski definition) is 1. The van der Waals surface area contributed by atoms with Crippen molar-refractivity contribution < 1.29 is 12.8 Å². The monoisotopic (exact) mass is 287 g/mol. The first-order chi connectivity index (χ1) is 9.07. The molecule has 0 amide bonds. The van der Waals surface area contributed by atoms with Gasteiger partial charge in [-0.2, -0.15) is 4.31 Å². The Labute approximate surface area is 114 Å². The zero-order chi connectivity index (χ0) is 13.9. The third kappa shape index (κ3) is 3.17. The number of likely N-dealkylation sites (N-methyl/N-ethyl adjacent to an activating group) is 1. The lowest BCUT2D eigenvalue weighted by Gasteiger charge is -2.32. The van der Waals surface area contributed by atoms with Crippen molar-refractivity contribution in [1.29, 1.82) is 0 Å². The zero-order valence-electron chi connectivity index (χ0n) is 11.4. The molecule has 108 valence electrons. The summed E-state index contributed by atoms with van der Waals surface area (Å²) in [6.45, 7) is 6.18. The summed E-state index contributed by atoms with van der Waals surface area (Å²) in [5, 5.41) is 2.98. The van der Waals surface area contributed by atoms with Gasteiger partial charge in [-0.3, -0.25) is 0 Å². The minimum Gasteiger partial charge on any atom is -0.447 e. The summed E-state index contributed by atoms with van der Waals surface area (Å²) in [4.78, 5) is 2.24. The molecule has 0 bridgehead atoms. The van der Waals surface area contributed by atoms with E-state index in [1.807, 2.05) is 0 Å². The Bertz CT molecular complexity index is 504. The SMILES string of the molecule is CCN1CCN(S(=O)(=O)c2ccc(CNC)o2)CC1. The van der Waals surface area contributed by atoms with Crippen LogP contribution < -0.4 is 5.32 Å². The van der Waals surface area contributed by atoms with Crippen molar-refractivity contribution in [2.75, 3.05) is 39.8 Å². The van der Waals surface area contributed by atoms with Crippen LogP contribution in [-0.4, -0.2) is 57.4 Å². The molecule has 2 rings (SSSR count). The van der Waals surface area contributed by atoms with Gasteiger partial charge >= 0.3 is 0 Å². The normalized spacial score (nSPS) is 18.8. The number of rotatable bonds is 5. The molecule has 7 heteroatoms. The second-order valence-electron chi connectivity index (χ2n) is 4.59. The van der Waals surface area contributed by atoms with E-state index in [0.29, 0.717) is 25.4 Å². The van der Waals surface area contributed by atoms with E-state index in [0.717, 1.165) is 19.6 Å². The van der Waals surface area contributed by atoms with Crippen LogP contribution in [0.1, 0.15) is 12.7 Å². The van der Waals surface area contributed by atoms with Gasteiger partial charge in [0.15, 0.2) is 0 Å². The average molecular weight is 287 g/mol. The predicted octanol–water partition coefficient (Wildman–Crippen LogP) is 0.325. The van der Waals surface area contributed by atoms with Crippen molar-refractivity contribution in [3.63, 3.8) is 0 Å². The van der Waals surface area contributed by atoms with E-state index in [2.05, 4.69) is 17.1 Å². The van der Waals surface area contributed by atoms with Crippen molar-refractivity contribution in [2.45, 2.75) is 18.6 Å². The summed E-state index contributed by atoms with van der Waals surface area (Å²) in [7, 11) is -1.69. The third-order valence-electron chi connectivity index (χ3n) is 3.36. The van der Waals surface area contributed by atoms with E-state index in [1.54, 1.807) is 13.1 Å². The van der Waals surface area contributed by atoms with Crippen LogP contribution in [-0.2, 0) is 16.6 Å². The van der Waals surface area contributed by atoms with E-state index in [1.165, 1.54) is 10.4 Å². The van der Waals surface area contributed by atoms with Gasteiger partial charge < -0.3 is 14.6 Å². The molecule has 0 aliphatic carbocycles. The van der Waals surface area contributed by atoms with Gasteiger partial charge in [-0.1, -0.05) is 6.92 Å². The van der Waals surface area contributed by atoms with Crippen LogP contribution in [0, 0.1) is 0 Å². The van der Waals surface area contributed by atoms with Gasteiger partial charge in [-0.25, -0.2) is 8.42 Å². The van der Waals surface area contributed by atoms with Crippen LogP contribution in [0.25, 0.3) is 0 Å². The Morgan fingerprint density at radius 1 is 1.26 bits per heavy atom. The Balaban J connectivity index is 2.09. The second-order valence-corrected chi connectivity index (χ2v) is 6.46. The highest BCUT2D eigenvalue weighted by Gasteiger charge is 2.30. The topological polar surface area (TPSA) is 65.8 Å². The summed E-state index contributed by atoms with van der Waals surface area (Å²) < 4.78 is 31.7. The largest absolute Gasteiger partial charge is 0.447 e. The molecular formula is C12H21N3O3S. The fourth-order valence-electron chi connectivity index (χ4n) is 2.18. The van der Waals surface area contributed by atoms with Crippen molar-refractivity contribution in [2.24, 2.45) is 0 Å². The van der Waals surface area contributed by atoms with Gasteiger partial charge in [0.2, 0.25) is 5.09 Å². The first-order valence-electron chi connectivity index (χ1n) is 6.53. The molecule has 0 radical (unpaired) electrons. The van der Waals surface area contributed by atoms with Crippen LogP contribution in [0.5, 0.6) is 0 Å². The maximum atomic E-state index is 12.4. The smallest absolute Gasteiger partial charge is 0.276 e. The standard InChI is InChI=1S/C12H21N3O3S/c1-3-14-6-8-15(9-7-14)19(16,17)12-5-4-11(18-12)10-13-2/h4-5,13H,3,6-10H2,1-2H3. The van der Waals surface area contributed by atoms with Crippen molar-refractivity contribution >= 4 is 10.0 Å². The number of piperazine rings is 1. The lowest BCUT2D eigenvalue weighted by Crippen LogP contribution is -2.48. The van der Waals surface area contributed by atoms with E-state index in [9.17, 15) is 8.42 Å². The highest BCUT2D eigenvalue weighted by Crippen LogP contribution is 2.20. The number of sulfonamides is 1. The van der Waals surface area contributed by atoms with Crippen LogP contribution in [0.15, 0.2) is 21.6 Å². The number of nitrogens with one attached hydrogen (secondary N) is 1. The molecule has 2 heterocycles. The van der Waals surface area contributed by atoms with E-state index in [4.69, 9.17) is 4.42 Å². The number of hydrogen-bond acceptors (Lipinski definition) is 5. The number of nitrogens with zero attached hydrogens (tertiary/aromatic N) is 2. The molecular weight excluding hydrogens is 266 g/mol. The van der Waals surface area contributed by atoms with Crippen molar-refractivity contribution in [3.05, 3.63) is 17.9 Å². The second kappa shape index (κ2) is 6.04. The molecule has 0 atom stereocenters. The van der Waals surface area contributed by atoms with Crippen molar-refractivity contribution in [3.8, 4) is 0 Å². The highest BCUT2D eigenvalue weighted by molar-refractivity contribution is 7.89. The zero-order valence-corrected chi connectivity index (χ0v) is 12.2. The molecule has 0 spiro atoms. The molecule has 1 saturated heterocycles. The van der Waals surface area contributed by atoms with E-state index < -0.39 is 10.0 Å². The van der Waals surface area contributed by atoms with Gasteiger partial charge in [0.05, 0.1) is 6.54 Å². The first-order valence-corrected chi connectivity index (χ1v) is 7.97. The van der Waals surface area contributed by atoms with Gasteiger partial charge in [-0.15, -0.1) is 0 Å². The fourth-order valence-corrected chi connectivity index (χ4v) is 3.53. The molecule has 0 unspecified atom stereocenters. The maximum absolute atomic E-state index is 12.4. The molecule has 0 saturated carbocycles. The Kier molecular flexibility index (Phi) is 4.62. The number of furan rings is 1. The molecule has 0 aromatic carbocycles. The first kappa shape index (κ1) is 14.5. The molecule has 1 fully saturated rings. The Morgan fingerprint density at radius 3 is 2.53 bits per heavy atom. The van der Waals surface area contributed by atoms with Crippen LogP contribution in [0.2, 0.25) is 0 Å². The lowest BCUT2D eigenvalue weighted by molar-refractivity contribution is 0.194. The molecule has 19 heavy (non-hydrogen) atoms. The molecule has 1 N–H and O–H groups in total. The van der Waals surface area contributed by atoms with Crippen LogP contribution in [0.3, 0.4) is 0 Å². The summed E-state index contributed by atoms with van der Waals surface area (Å²) in [5.74, 6) is 0.633. The lowest BCUT2D eigenvalue weighted by atomic mass is 10.4. The molecule has 6 nitrogen and oxygen atoms in total. The summed E-state index contributed by atoms with van der Waals surface area (Å²) in [5.41, 5.74) is 0. The minimum atomic E-state index is -3.48.